The fourth-order valence-corrected chi connectivity index (χ4v) is 4.46. The van der Waals surface area contributed by atoms with Gasteiger partial charge in [0.25, 0.3) is 5.91 Å². The van der Waals surface area contributed by atoms with Crippen molar-refractivity contribution in [2.24, 2.45) is 5.73 Å². The molecule has 7 nitrogen and oxygen atoms in total. The van der Waals surface area contributed by atoms with Gasteiger partial charge in [0.05, 0.1) is 24.7 Å². The lowest BCUT2D eigenvalue weighted by molar-refractivity contribution is -0.135. The van der Waals surface area contributed by atoms with Crippen molar-refractivity contribution in [2.75, 3.05) is 26.7 Å². The highest BCUT2D eigenvalue weighted by molar-refractivity contribution is 6.03. The Bertz CT molecular complexity index is 1130. The van der Waals surface area contributed by atoms with E-state index in [-0.39, 0.29) is 23.9 Å². The molecule has 2 heterocycles. The highest BCUT2D eigenvalue weighted by Gasteiger charge is 2.29. The van der Waals surface area contributed by atoms with Gasteiger partial charge in [-0.05, 0) is 24.6 Å². The molecule has 0 spiro atoms. The molecular formula is C25H28N4O3. The Morgan fingerprint density at radius 3 is 2.50 bits per heavy atom. The van der Waals surface area contributed by atoms with Crippen molar-refractivity contribution in [2.45, 2.75) is 25.9 Å². The Kier molecular flexibility index (Phi) is 6.37. The smallest absolute Gasteiger partial charge is 0.254 e. The number of benzene rings is 2. The minimum Gasteiger partial charge on any atom is -0.495 e. The number of carbonyl (C=O) groups excluding carboxylic acids is 2. The molecule has 0 aliphatic carbocycles. The van der Waals surface area contributed by atoms with Crippen LogP contribution in [-0.4, -0.2) is 59.4 Å². The van der Waals surface area contributed by atoms with Crippen molar-refractivity contribution in [3.63, 3.8) is 0 Å². The van der Waals surface area contributed by atoms with Crippen LogP contribution in [0.4, 0.5) is 0 Å². The van der Waals surface area contributed by atoms with Gasteiger partial charge in [0, 0.05) is 37.6 Å². The number of methoxy groups -OCH3 is 1. The number of rotatable bonds is 6. The van der Waals surface area contributed by atoms with Crippen molar-refractivity contribution < 1.29 is 14.3 Å². The number of hydrogen-bond acceptors (Lipinski definition) is 5. The highest BCUT2D eigenvalue weighted by Crippen LogP contribution is 2.31. The lowest BCUT2D eigenvalue weighted by Gasteiger charge is -2.40. The van der Waals surface area contributed by atoms with Gasteiger partial charge >= 0.3 is 0 Å². The first kappa shape index (κ1) is 21.8. The molecular weight excluding hydrogens is 404 g/mol. The number of nitrogens with two attached hydrogens (primary N) is 1. The molecule has 7 heteroatoms. The van der Waals surface area contributed by atoms with Gasteiger partial charge < -0.3 is 15.4 Å². The van der Waals surface area contributed by atoms with E-state index in [1.54, 1.807) is 0 Å². The van der Waals surface area contributed by atoms with Crippen LogP contribution in [0.15, 0.2) is 54.6 Å². The third kappa shape index (κ3) is 4.43. The van der Waals surface area contributed by atoms with Crippen molar-refractivity contribution in [1.82, 2.24) is 14.8 Å². The molecule has 1 aromatic heterocycles. The standard InChI is InChI=1S/C25H28N4O3/c1-17-15-28(16-18-8-4-3-5-9-18)12-13-29(17)22(30)14-21-23(25(26)31)24(32-2)19-10-6-7-11-20(19)27-21/h3-11,17H,12-16H2,1-2H3,(H2,26,31). The van der Waals surface area contributed by atoms with Crippen LogP contribution in [0.1, 0.15) is 28.5 Å². The first-order valence-electron chi connectivity index (χ1n) is 10.8. The van der Waals surface area contributed by atoms with Crippen LogP contribution in [0.25, 0.3) is 10.9 Å². The fraction of sp³-hybridized carbons (Fsp3) is 0.320. The Balaban J connectivity index is 1.53. The maximum Gasteiger partial charge on any atom is 0.254 e. The van der Waals surface area contributed by atoms with E-state index in [0.29, 0.717) is 28.9 Å². The largest absolute Gasteiger partial charge is 0.495 e. The summed E-state index contributed by atoms with van der Waals surface area (Å²) in [6, 6.07) is 17.8. The summed E-state index contributed by atoms with van der Waals surface area (Å²) in [4.78, 5) is 34.3. The number of para-hydroxylation sites is 1. The molecule has 2 N–H and O–H groups in total. The SMILES string of the molecule is COc1c(C(N)=O)c(CC(=O)N2CCN(Cc3ccccc3)CC2C)nc2ccccc12. The van der Waals surface area contributed by atoms with E-state index in [1.807, 2.05) is 47.4 Å². The van der Waals surface area contributed by atoms with Gasteiger partial charge in [-0.15, -0.1) is 0 Å². The van der Waals surface area contributed by atoms with Crippen LogP contribution >= 0.6 is 0 Å². The molecule has 3 aromatic rings. The van der Waals surface area contributed by atoms with E-state index >= 15 is 0 Å². The molecule has 1 fully saturated rings. The number of carbonyl (C=O) groups is 2. The van der Waals surface area contributed by atoms with Gasteiger partial charge in [0.15, 0.2) is 0 Å². The molecule has 1 saturated heterocycles. The lowest BCUT2D eigenvalue weighted by Crippen LogP contribution is -2.54. The van der Waals surface area contributed by atoms with Crippen molar-refractivity contribution in [1.29, 1.82) is 0 Å². The third-order valence-corrected chi connectivity index (χ3v) is 5.97. The summed E-state index contributed by atoms with van der Waals surface area (Å²) in [6.07, 6.45) is 0.00247. The molecule has 1 unspecified atom stereocenters. The minimum absolute atomic E-state index is 0.00247. The summed E-state index contributed by atoms with van der Waals surface area (Å²) in [6.45, 7) is 5.13. The maximum absolute atomic E-state index is 13.2. The van der Waals surface area contributed by atoms with E-state index in [9.17, 15) is 9.59 Å². The van der Waals surface area contributed by atoms with Crippen LogP contribution < -0.4 is 10.5 Å². The zero-order chi connectivity index (χ0) is 22.7. The number of piperazine rings is 1. The van der Waals surface area contributed by atoms with Gasteiger partial charge in [-0.3, -0.25) is 19.5 Å². The zero-order valence-corrected chi connectivity index (χ0v) is 18.5. The van der Waals surface area contributed by atoms with Crippen molar-refractivity contribution in [3.8, 4) is 5.75 Å². The average molecular weight is 433 g/mol. The Morgan fingerprint density at radius 2 is 1.81 bits per heavy atom. The second kappa shape index (κ2) is 9.36. The molecule has 2 aromatic carbocycles. The van der Waals surface area contributed by atoms with Crippen molar-refractivity contribution in [3.05, 3.63) is 71.4 Å². The highest BCUT2D eigenvalue weighted by atomic mass is 16.5. The first-order valence-corrected chi connectivity index (χ1v) is 10.8. The third-order valence-electron chi connectivity index (χ3n) is 5.97. The summed E-state index contributed by atoms with van der Waals surface area (Å²) < 4.78 is 5.51. The second-order valence-electron chi connectivity index (χ2n) is 8.18. The molecule has 0 radical (unpaired) electrons. The van der Waals surface area contributed by atoms with Gasteiger partial charge in [-0.2, -0.15) is 0 Å². The maximum atomic E-state index is 13.2. The Hall–Kier alpha value is -3.45. The number of amides is 2. The van der Waals surface area contributed by atoms with E-state index in [2.05, 4.69) is 28.9 Å². The van der Waals surface area contributed by atoms with Crippen molar-refractivity contribution >= 4 is 22.7 Å². The lowest BCUT2D eigenvalue weighted by atomic mass is 10.0. The van der Waals surface area contributed by atoms with Crippen LogP contribution in [0.5, 0.6) is 5.75 Å². The molecule has 1 aliphatic heterocycles. The van der Waals surface area contributed by atoms with Crippen LogP contribution in [0.2, 0.25) is 0 Å². The molecule has 1 atom stereocenters. The van der Waals surface area contributed by atoms with Crippen LogP contribution in [-0.2, 0) is 17.8 Å². The molecule has 166 valence electrons. The molecule has 0 bridgehead atoms. The van der Waals surface area contributed by atoms with Gasteiger partial charge in [-0.1, -0.05) is 42.5 Å². The van der Waals surface area contributed by atoms with Crippen LogP contribution in [0, 0.1) is 0 Å². The quantitative estimate of drug-likeness (QED) is 0.647. The number of hydrogen-bond donors (Lipinski definition) is 1. The number of primary amides is 1. The molecule has 1 aliphatic rings. The summed E-state index contributed by atoms with van der Waals surface area (Å²) in [7, 11) is 1.49. The summed E-state index contributed by atoms with van der Waals surface area (Å²) in [5.41, 5.74) is 8.13. The summed E-state index contributed by atoms with van der Waals surface area (Å²) in [5.74, 6) is -0.348. The van der Waals surface area contributed by atoms with E-state index in [0.717, 1.165) is 19.6 Å². The number of pyridine rings is 1. The molecule has 0 saturated carbocycles. The predicted molar refractivity (Wildman–Crippen MR) is 123 cm³/mol. The number of aromatic nitrogens is 1. The average Bonchev–Trinajstić information content (AvgIpc) is 2.78. The fourth-order valence-electron chi connectivity index (χ4n) is 4.46. The second-order valence-corrected chi connectivity index (χ2v) is 8.18. The Labute approximate surface area is 187 Å². The van der Waals surface area contributed by atoms with E-state index in [4.69, 9.17) is 10.5 Å². The summed E-state index contributed by atoms with van der Waals surface area (Å²) in [5, 5.41) is 0.697. The normalized spacial score (nSPS) is 16.8. The number of ether oxygens (including phenoxy) is 1. The van der Waals surface area contributed by atoms with Crippen LogP contribution in [0.3, 0.4) is 0 Å². The van der Waals surface area contributed by atoms with Gasteiger partial charge in [0.1, 0.15) is 11.3 Å². The molecule has 32 heavy (non-hydrogen) atoms. The topological polar surface area (TPSA) is 88.8 Å². The monoisotopic (exact) mass is 432 g/mol. The Morgan fingerprint density at radius 1 is 1.09 bits per heavy atom. The molecule has 2 amide bonds. The molecule has 4 rings (SSSR count). The predicted octanol–water partition coefficient (Wildman–Crippen LogP) is 2.62. The van der Waals surface area contributed by atoms with Gasteiger partial charge in [-0.25, -0.2) is 0 Å². The first-order chi connectivity index (χ1) is 15.5. The zero-order valence-electron chi connectivity index (χ0n) is 18.5. The number of nitrogens with zero attached hydrogens (tertiary/aromatic N) is 3. The number of fused-ring (bicyclic) bond motifs is 1. The van der Waals surface area contributed by atoms with Gasteiger partial charge in [0.2, 0.25) is 5.91 Å². The summed E-state index contributed by atoms with van der Waals surface area (Å²) >= 11 is 0. The minimum atomic E-state index is -0.649. The van der Waals surface area contributed by atoms with E-state index < -0.39 is 5.91 Å². The van der Waals surface area contributed by atoms with E-state index in [1.165, 1.54) is 12.7 Å².